The van der Waals surface area contributed by atoms with Crippen molar-refractivity contribution in [3.05, 3.63) is 46.9 Å². The molecule has 0 radical (unpaired) electrons. The number of rotatable bonds is 2. The highest BCUT2D eigenvalue weighted by Gasteiger charge is 2.20. The third-order valence-electron chi connectivity index (χ3n) is 4.19. The number of carbonyl (C=O) groups excluding carboxylic acids is 1. The van der Waals surface area contributed by atoms with E-state index in [1.807, 2.05) is 18.2 Å². The predicted octanol–water partition coefficient (Wildman–Crippen LogP) is 3.01. The van der Waals surface area contributed by atoms with Crippen LogP contribution in [0.15, 0.2) is 33.9 Å². The van der Waals surface area contributed by atoms with Gasteiger partial charge in [0, 0.05) is 6.20 Å². The normalized spacial score (nSPS) is 16.9. The van der Waals surface area contributed by atoms with E-state index in [9.17, 15) is 4.79 Å². The number of hydrogen-bond acceptors (Lipinski definition) is 4. The van der Waals surface area contributed by atoms with Gasteiger partial charge in [-0.05, 0) is 38.8 Å². The molecule has 1 aliphatic carbocycles. The summed E-state index contributed by atoms with van der Waals surface area (Å²) in [6.45, 7) is 3.54. The lowest BCUT2D eigenvalue weighted by Crippen LogP contribution is -2.29. The molecular weight excluding hydrogens is 278 g/mol. The van der Waals surface area contributed by atoms with E-state index < -0.39 is 0 Å². The largest absolute Gasteiger partial charge is 0.361 e. The van der Waals surface area contributed by atoms with Crippen LogP contribution in [0.25, 0.3) is 0 Å². The molecule has 0 aliphatic heterocycles. The Morgan fingerprint density at radius 2 is 2.05 bits per heavy atom. The van der Waals surface area contributed by atoms with Crippen molar-refractivity contribution in [3.8, 4) is 0 Å². The number of aryl methyl sites for hydroxylation is 2. The van der Waals surface area contributed by atoms with Crippen LogP contribution in [0, 0.1) is 13.8 Å². The second kappa shape index (κ2) is 6.30. The van der Waals surface area contributed by atoms with Gasteiger partial charge in [0.1, 0.15) is 16.8 Å². The second-order valence-corrected chi connectivity index (χ2v) is 5.85. The molecule has 22 heavy (non-hydrogen) atoms. The summed E-state index contributed by atoms with van der Waals surface area (Å²) in [6.07, 6.45) is 7.70. The lowest BCUT2D eigenvalue weighted by Gasteiger charge is -2.17. The maximum absolute atomic E-state index is 12.8. The van der Waals surface area contributed by atoms with Crippen molar-refractivity contribution >= 4 is 5.91 Å². The Balaban J connectivity index is 2.01. The minimum absolute atomic E-state index is 0.133. The molecule has 0 saturated heterocycles. The van der Waals surface area contributed by atoms with Crippen LogP contribution in [0.4, 0.5) is 0 Å². The van der Waals surface area contributed by atoms with Gasteiger partial charge in [-0.15, -0.1) is 0 Å². The second-order valence-electron chi connectivity index (χ2n) is 5.85. The van der Waals surface area contributed by atoms with Gasteiger partial charge in [0.15, 0.2) is 0 Å². The first kappa shape index (κ1) is 14.8. The molecule has 0 bridgehead atoms. The molecule has 2 aromatic rings. The summed E-state index contributed by atoms with van der Waals surface area (Å²) in [5, 5.41) is 3.87. The zero-order valence-electron chi connectivity index (χ0n) is 13.1. The van der Waals surface area contributed by atoms with E-state index in [0.717, 1.165) is 12.8 Å². The standard InChI is InChI=1S/C17H21N3O2/c1-12-16(13(2)22-19-12)17(21)20-11-7-6-10-15(20)18-14-8-4-3-5-9-14/h6-7,10-11,14H,3-5,8-9H2,1-2H3. The van der Waals surface area contributed by atoms with Crippen LogP contribution in [0.3, 0.4) is 0 Å². The predicted molar refractivity (Wildman–Crippen MR) is 82.6 cm³/mol. The van der Waals surface area contributed by atoms with Crippen molar-refractivity contribution in [3.63, 3.8) is 0 Å². The van der Waals surface area contributed by atoms with Crippen molar-refractivity contribution in [1.82, 2.24) is 9.72 Å². The molecule has 0 spiro atoms. The maximum Gasteiger partial charge on any atom is 0.269 e. The molecule has 5 nitrogen and oxygen atoms in total. The van der Waals surface area contributed by atoms with Gasteiger partial charge in [-0.25, -0.2) is 0 Å². The maximum atomic E-state index is 12.8. The van der Waals surface area contributed by atoms with Gasteiger partial charge in [0.05, 0.1) is 11.7 Å². The van der Waals surface area contributed by atoms with Crippen molar-refractivity contribution in [1.29, 1.82) is 0 Å². The Morgan fingerprint density at radius 3 is 2.73 bits per heavy atom. The molecule has 116 valence electrons. The first-order chi connectivity index (χ1) is 10.7. The zero-order chi connectivity index (χ0) is 15.5. The number of carbonyl (C=O) groups is 1. The highest BCUT2D eigenvalue weighted by atomic mass is 16.5. The Morgan fingerprint density at radius 1 is 1.27 bits per heavy atom. The summed E-state index contributed by atoms with van der Waals surface area (Å²) in [5.41, 5.74) is 1.85. The molecule has 3 rings (SSSR count). The zero-order valence-corrected chi connectivity index (χ0v) is 13.1. The number of pyridine rings is 1. The summed E-state index contributed by atoms with van der Waals surface area (Å²) < 4.78 is 6.71. The molecule has 5 heteroatoms. The van der Waals surface area contributed by atoms with Crippen LogP contribution in [0.5, 0.6) is 0 Å². The molecule has 2 aromatic heterocycles. The van der Waals surface area contributed by atoms with Gasteiger partial charge in [-0.1, -0.05) is 30.5 Å². The van der Waals surface area contributed by atoms with Crippen LogP contribution in [0.1, 0.15) is 53.9 Å². The van der Waals surface area contributed by atoms with Gasteiger partial charge in [0.25, 0.3) is 5.91 Å². The van der Waals surface area contributed by atoms with Crippen LogP contribution in [0.2, 0.25) is 0 Å². The van der Waals surface area contributed by atoms with Crippen molar-refractivity contribution in [2.24, 2.45) is 4.99 Å². The fourth-order valence-electron chi connectivity index (χ4n) is 3.02. The average molecular weight is 299 g/mol. The van der Waals surface area contributed by atoms with Crippen LogP contribution in [-0.4, -0.2) is 21.7 Å². The Kier molecular flexibility index (Phi) is 4.22. The summed E-state index contributed by atoms with van der Waals surface area (Å²) in [6, 6.07) is 5.97. The van der Waals surface area contributed by atoms with Crippen molar-refractivity contribution in [2.75, 3.05) is 0 Å². The highest BCUT2D eigenvalue weighted by Crippen LogP contribution is 2.19. The molecule has 0 amide bonds. The molecule has 0 atom stereocenters. The molecule has 2 heterocycles. The van der Waals surface area contributed by atoms with Gasteiger partial charge < -0.3 is 4.52 Å². The quantitative estimate of drug-likeness (QED) is 0.856. The van der Waals surface area contributed by atoms with E-state index in [-0.39, 0.29) is 5.91 Å². The van der Waals surface area contributed by atoms with E-state index in [1.54, 1.807) is 24.6 Å². The Labute approximate surface area is 129 Å². The van der Waals surface area contributed by atoms with E-state index in [0.29, 0.717) is 28.5 Å². The molecular formula is C17H21N3O2. The number of hydrogen-bond donors (Lipinski definition) is 0. The fraction of sp³-hybridized carbons (Fsp3) is 0.471. The van der Waals surface area contributed by atoms with Crippen LogP contribution < -0.4 is 5.49 Å². The lowest BCUT2D eigenvalue weighted by molar-refractivity contribution is 0.0952. The summed E-state index contributed by atoms with van der Waals surface area (Å²) in [4.78, 5) is 17.6. The number of aromatic nitrogens is 2. The average Bonchev–Trinajstić information content (AvgIpc) is 2.87. The fourth-order valence-corrected chi connectivity index (χ4v) is 3.02. The highest BCUT2D eigenvalue weighted by molar-refractivity contribution is 5.97. The van der Waals surface area contributed by atoms with Gasteiger partial charge >= 0.3 is 0 Å². The Bertz CT molecular complexity index is 717. The summed E-state index contributed by atoms with van der Waals surface area (Å²) in [5.74, 6) is 0.411. The van der Waals surface area contributed by atoms with Crippen LogP contribution in [-0.2, 0) is 0 Å². The first-order valence-corrected chi connectivity index (χ1v) is 7.86. The van der Waals surface area contributed by atoms with E-state index in [4.69, 9.17) is 9.52 Å². The first-order valence-electron chi connectivity index (χ1n) is 7.86. The SMILES string of the molecule is Cc1noc(C)c1C(=O)n1ccccc1=NC1CCCCC1. The molecule has 0 aromatic carbocycles. The summed E-state index contributed by atoms with van der Waals surface area (Å²) in [7, 11) is 0. The third kappa shape index (κ3) is 2.89. The monoisotopic (exact) mass is 299 g/mol. The topological polar surface area (TPSA) is 60.4 Å². The van der Waals surface area contributed by atoms with E-state index >= 15 is 0 Å². The number of nitrogens with zero attached hydrogens (tertiary/aromatic N) is 3. The van der Waals surface area contributed by atoms with E-state index in [1.165, 1.54) is 19.3 Å². The smallest absolute Gasteiger partial charge is 0.269 e. The third-order valence-corrected chi connectivity index (χ3v) is 4.19. The van der Waals surface area contributed by atoms with Crippen molar-refractivity contribution < 1.29 is 9.32 Å². The van der Waals surface area contributed by atoms with Crippen LogP contribution >= 0.6 is 0 Å². The Hall–Kier alpha value is -2.17. The van der Waals surface area contributed by atoms with Gasteiger partial charge in [-0.2, -0.15) is 0 Å². The molecule has 1 aliphatic rings. The molecule has 1 saturated carbocycles. The lowest BCUT2D eigenvalue weighted by atomic mass is 9.96. The molecule has 0 N–H and O–H groups in total. The minimum Gasteiger partial charge on any atom is -0.361 e. The molecule has 1 fully saturated rings. The van der Waals surface area contributed by atoms with Gasteiger partial charge in [-0.3, -0.25) is 14.4 Å². The molecule has 0 unspecified atom stereocenters. The minimum atomic E-state index is -0.133. The summed E-state index contributed by atoms with van der Waals surface area (Å²) >= 11 is 0. The van der Waals surface area contributed by atoms with E-state index in [2.05, 4.69) is 5.16 Å². The van der Waals surface area contributed by atoms with Gasteiger partial charge in [0.2, 0.25) is 0 Å². The van der Waals surface area contributed by atoms with Crippen molar-refractivity contribution in [2.45, 2.75) is 52.0 Å².